The molecule has 1 aromatic heterocycles. The fraction of sp³-hybridized carbons (Fsp3) is 0.444. The van der Waals surface area contributed by atoms with E-state index in [1.54, 1.807) is 6.07 Å². The van der Waals surface area contributed by atoms with Crippen molar-refractivity contribution >= 4 is 5.97 Å². The molecule has 0 fully saturated rings. The highest BCUT2D eigenvalue weighted by Crippen LogP contribution is 2.29. The molecule has 2 aromatic rings. The standard InChI is InChI=1S/C18H19FN2O3/c1-11-20-17(15-4-2-3-7-21(11)15)18(22)23-10-14-9-12-8-13(19)5-6-16(12)24-14/h5-6,8,14H,2-4,7,9-10H2,1H3/t14-/m0/s1. The Morgan fingerprint density at radius 3 is 3.21 bits per heavy atom. The monoisotopic (exact) mass is 330 g/mol. The van der Waals surface area contributed by atoms with Crippen molar-refractivity contribution in [3.8, 4) is 5.75 Å². The summed E-state index contributed by atoms with van der Waals surface area (Å²) in [5, 5.41) is 0. The Balaban J connectivity index is 1.41. The molecule has 2 aliphatic heterocycles. The van der Waals surface area contributed by atoms with Crippen molar-refractivity contribution in [1.82, 2.24) is 9.55 Å². The van der Waals surface area contributed by atoms with Gasteiger partial charge in [0.05, 0.1) is 5.69 Å². The van der Waals surface area contributed by atoms with E-state index in [0.717, 1.165) is 42.9 Å². The van der Waals surface area contributed by atoms with Crippen LogP contribution in [0.2, 0.25) is 0 Å². The lowest BCUT2D eigenvalue weighted by Crippen LogP contribution is -2.24. The predicted octanol–water partition coefficient (Wildman–Crippen LogP) is 2.83. The molecule has 3 heterocycles. The van der Waals surface area contributed by atoms with E-state index in [-0.39, 0.29) is 18.5 Å². The Kier molecular flexibility index (Phi) is 3.75. The van der Waals surface area contributed by atoms with E-state index in [0.29, 0.717) is 17.9 Å². The third-order valence-corrected chi connectivity index (χ3v) is 4.67. The van der Waals surface area contributed by atoms with E-state index < -0.39 is 5.97 Å². The second kappa shape index (κ2) is 5.92. The van der Waals surface area contributed by atoms with Crippen molar-refractivity contribution in [3.05, 3.63) is 46.8 Å². The summed E-state index contributed by atoms with van der Waals surface area (Å²) in [6, 6.07) is 4.45. The molecule has 2 aliphatic rings. The van der Waals surface area contributed by atoms with E-state index in [4.69, 9.17) is 9.47 Å². The topological polar surface area (TPSA) is 53.4 Å². The van der Waals surface area contributed by atoms with Gasteiger partial charge in [-0.15, -0.1) is 0 Å². The van der Waals surface area contributed by atoms with Crippen molar-refractivity contribution in [2.24, 2.45) is 0 Å². The van der Waals surface area contributed by atoms with E-state index in [1.165, 1.54) is 12.1 Å². The minimum Gasteiger partial charge on any atom is -0.486 e. The first-order valence-electron chi connectivity index (χ1n) is 8.30. The summed E-state index contributed by atoms with van der Waals surface area (Å²) in [6.07, 6.45) is 3.31. The number of carbonyl (C=O) groups is 1. The largest absolute Gasteiger partial charge is 0.486 e. The molecule has 0 N–H and O–H groups in total. The first-order valence-corrected chi connectivity index (χ1v) is 8.30. The molecule has 0 bridgehead atoms. The number of carbonyl (C=O) groups excluding carboxylic acids is 1. The van der Waals surface area contributed by atoms with Gasteiger partial charge in [0.25, 0.3) is 0 Å². The second-order valence-corrected chi connectivity index (χ2v) is 6.36. The van der Waals surface area contributed by atoms with Crippen LogP contribution in [-0.4, -0.2) is 28.2 Å². The molecular weight excluding hydrogens is 311 g/mol. The molecule has 4 rings (SSSR count). The molecule has 24 heavy (non-hydrogen) atoms. The van der Waals surface area contributed by atoms with Crippen molar-refractivity contribution < 1.29 is 18.7 Å². The smallest absolute Gasteiger partial charge is 0.358 e. The van der Waals surface area contributed by atoms with Gasteiger partial charge in [0.2, 0.25) is 0 Å². The van der Waals surface area contributed by atoms with E-state index in [9.17, 15) is 9.18 Å². The Morgan fingerprint density at radius 1 is 1.46 bits per heavy atom. The lowest BCUT2D eigenvalue weighted by molar-refractivity contribution is 0.0339. The van der Waals surface area contributed by atoms with Crippen LogP contribution in [-0.2, 0) is 24.1 Å². The van der Waals surface area contributed by atoms with Gasteiger partial charge in [0.15, 0.2) is 5.69 Å². The van der Waals surface area contributed by atoms with Gasteiger partial charge in [-0.2, -0.15) is 0 Å². The summed E-state index contributed by atoms with van der Waals surface area (Å²) in [5.74, 6) is 0.832. The van der Waals surface area contributed by atoms with Gasteiger partial charge < -0.3 is 14.0 Å². The Hall–Kier alpha value is -2.37. The summed E-state index contributed by atoms with van der Waals surface area (Å²) in [4.78, 5) is 16.8. The van der Waals surface area contributed by atoms with Gasteiger partial charge in [-0.1, -0.05) is 0 Å². The van der Waals surface area contributed by atoms with Crippen LogP contribution in [0.3, 0.4) is 0 Å². The lowest BCUT2D eigenvalue weighted by atomic mass is 10.1. The maximum Gasteiger partial charge on any atom is 0.358 e. The number of imidazole rings is 1. The zero-order valence-electron chi connectivity index (χ0n) is 13.5. The van der Waals surface area contributed by atoms with Crippen LogP contribution in [0.5, 0.6) is 5.75 Å². The lowest BCUT2D eigenvalue weighted by Gasteiger charge is -2.16. The van der Waals surface area contributed by atoms with E-state index in [1.807, 2.05) is 6.92 Å². The summed E-state index contributed by atoms with van der Waals surface area (Å²) in [6.45, 7) is 2.96. The Morgan fingerprint density at radius 2 is 2.33 bits per heavy atom. The molecule has 0 radical (unpaired) electrons. The van der Waals surface area contributed by atoms with Crippen molar-refractivity contribution in [3.63, 3.8) is 0 Å². The van der Waals surface area contributed by atoms with Gasteiger partial charge in [-0.25, -0.2) is 14.2 Å². The zero-order valence-corrected chi connectivity index (χ0v) is 13.5. The molecule has 0 spiro atoms. The predicted molar refractivity (Wildman–Crippen MR) is 84.7 cm³/mol. The van der Waals surface area contributed by atoms with E-state index in [2.05, 4.69) is 9.55 Å². The molecular formula is C18H19FN2O3. The quantitative estimate of drug-likeness (QED) is 0.812. The fourth-order valence-electron chi connectivity index (χ4n) is 3.50. The normalized spacial score (nSPS) is 18.7. The number of esters is 1. The van der Waals surface area contributed by atoms with Crippen LogP contribution in [0.15, 0.2) is 18.2 Å². The van der Waals surface area contributed by atoms with Gasteiger partial charge in [0.1, 0.15) is 30.1 Å². The van der Waals surface area contributed by atoms with Gasteiger partial charge in [0, 0.05) is 18.5 Å². The molecule has 6 heteroatoms. The molecule has 0 saturated heterocycles. The average Bonchev–Trinajstić information content (AvgIpc) is 3.13. The molecule has 0 amide bonds. The Labute approximate surface area is 139 Å². The molecule has 0 unspecified atom stereocenters. The van der Waals surface area contributed by atoms with Crippen LogP contribution < -0.4 is 4.74 Å². The first kappa shape index (κ1) is 15.2. The highest BCUT2D eigenvalue weighted by Gasteiger charge is 2.27. The minimum absolute atomic E-state index is 0.139. The summed E-state index contributed by atoms with van der Waals surface area (Å²) in [5.41, 5.74) is 2.21. The summed E-state index contributed by atoms with van der Waals surface area (Å²) >= 11 is 0. The van der Waals surface area contributed by atoms with Crippen LogP contribution >= 0.6 is 0 Å². The maximum atomic E-state index is 13.2. The maximum absolute atomic E-state index is 13.2. The molecule has 1 aromatic carbocycles. The number of aryl methyl sites for hydroxylation is 1. The van der Waals surface area contributed by atoms with E-state index >= 15 is 0 Å². The van der Waals surface area contributed by atoms with Crippen LogP contribution in [0.1, 0.15) is 40.4 Å². The van der Waals surface area contributed by atoms with Crippen molar-refractivity contribution in [2.45, 2.75) is 45.3 Å². The second-order valence-electron chi connectivity index (χ2n) is 6.36. The number of halogens is 1. The SMILES string of the molecule is Cc1nc(C(=O)OC[C@@H]2Cc3cc(F)ccc3O2)c2n1CCCC2. The third-order valence-electron chi connectivity index (χ3n) is 4.67. The molecule has 5 nitrogen and oxygen atoms in total. The highest BCUT2D eigenvalue weighted by molar-refractivity contribution is 5.88. The van der Waals surface area contributed by atoms with Gasteiger partial charge in [-0.3, -0.25) is 0 Å². The summed E-state index contributed by atoms with van der Waals surface area (Å²) < 4.78 is 26.5. The van der Waals surface area contributed by atoms with Gasteiger partial charge in [-0.05, 0) is 44.4 Å². The number of hydrogen-bond acceptors (Lipinski definition) is 4. The first-order chi connectivity index (χ1) is 11.6. The van der Waals surface area contributed by atoms with Crippen LogP contribution in [0.25, 0.3) is 0 Å². The zero-order chi connectivity index (χ0) is 16.7. The highest BCUT2D eigenvalue weighted by atomic mass is 19.1. The third kappa shape index (κ3) is 2.66. The number of hydrogen-bond donors (Lipinski definition) is 0. The molecule has 1 atom stereocenters. The van der Waals surface area contributed by atoms with Crippen molar-refractivity contribution in [1.29, 1.82) is 0 Å². The number of benzene rings is 1. The average molecular weight is 330 g/mol. The minimum atomic E-state index is -0.403. The van der Waals surface area contributed by atoms with Crippen LogP contribution in [0.4, 0.5) is 4.39 Å². The molecule has 0 saturated carbocycles. The Bertz CT molecular complexity index is 800. The molecule has 0 aliphatic carbocycles. The summed E-state index contributed by atoms with van der Waals surface area (Å²) in [7, 11) is 0. The van der Waals surface area contributed by atoms with Crippen molar-refractivity contribution in [2.75, 3.05) is 6.61 Å². The van der Waals surface area contributed by atoms with Crippen LogP contribution in [0, 0.1) is 12.7 Å². The van der Waals surface area contributed by atoms with Gasteiger partial charge >= 0.3 is 5.97 Å². The number of aromatic nitrogens is 2. The number of rotatable bonds is 3. The fourth-order valence-corrected chi connectivity index (χ4v) is 3.50. The number of ether oxygens (including phenoxy) is 2. The molecule has 126 valence electrons. The number of fused-ring (bicyclic) bond motifs is 2. The number of nitrogens with zero attached hydrogens (tertiary/aromatic N) is 2.